The number of benzene rings is 2. The number of aromatic nitrogens is 4. The van der Waals surface area contributed by atoms with Gasteiger partial charge in [-0.25, -0.2) is 4.79 Å². The largest absolute Gasteiger partial charge is 0.394 e. The number of hydrogen-bond donors (Lipinski definition) is 5. The molecule has 0 amide bonds. The van der Waals surface area contributed by atoms with Crippen LogP contribution in [0, 0.1) is 0 Å². The molecule has 4 atom stereocenters. The van der Waals surface area contributed by atoms with E-state index < -0.39 is 36.8 Å². The molecule has 0 aliphatic carbocycles. The number of nitrogens with two attached hydrogens (primary N) is 1. The Hall–Kier alpha value is -4.09. The summed E-state index contributed by atoms with van der Waals surface area (Å²) in [6, 6.07) is 23.8. The Morgan fingerprint density at radius 3 is 1.97 bits per heavy atom. The molecule has 6 N–H and O–H groups in total. The maximum Gasteiger partial charge on any atom is 0.351 e. The Morgan fingerprint density at radius 1 is 0.889 bits per heavy atom. The molecule has 2 aromatic carbocycles. The van der Waals surface area contributed by atoms with Crippen LogP contribution in [0.5, 0.6) is 0 Å². The van der Waals surface area contributed by atoms with Crippen molar-refractivity contribution in [3.8, 4) is 0 Å². The van der Waals surface area contributed by atoms with Crippen LogP contribution in [0.15, 0.2) is 96.2 Å². The van der Waals surface area contributed by atoms with E-state index in [1.165, 1.54) is 34.1 Å². The predicted octanol–water partition coefficient (Wildman–Crippen LogP) is 1.84. The predicted molar refractivity (Wildman–Crippen MR) is 136 cm³/mol. The molecule has 0 spiro atoms. The molecule has 1 saturated heterocycles. The number of aliphatic hydroxyl groups is 3. The van der Waals surface area contributed by atoms with E-state index in [0.29, 0.717) is 0 Å². The molecule has 186 valence electrons. The lowest BCUT2D eigenvalue weighted by Gasteiger charge is -2.16. The molecule has 6 rings (SSSR count). The van der Waals surface area contributed by atoms with Gasteiger partial charge in [-0.3, -0.25) is 9.55 Å². The van der Waals surface area contributed by atoms with Crippen molar-refractivity contribution in [1.29, 1.82) is 0 Å². The van der Waals surface area contributed by atoms with Crippen LogP contribution in [0.25, 0.3) is 21.8 Å². The first-order valence-electron chi connectivity index (χ1n) is 11.3. The average Bonchev–Trinajstić information content (AvgIpc) is 3.43. The maximum atomic E-state index is 11.5. The third-order valence-electron chi connectivity index (χ3n) is 5.62. The molecular weight excluding hydrogens is 462 g/mol. The molecule has 0 bridgehead atoms. The first-order valence-corrected chi connectivity index (χ1v) is 11.3. The zero-order valence-corrected chi connectivity index (χ0v) is 19.3. The molecule has 0 radical (unpaired) electrons. The highest BCUT2D eigenvalue weighted by Crippen LogP contribution is 2.28. The highest BCUT2D eigenvalue weighted by Gasteiger charge is 2.43. The smallest absolute Gasteiger partial charge is 0.351 e. The number of H-pyrrole nitrogens is 1. The number of nitrogen functional groups attached to an aromatic ring is 1. The molecular formula is C26H27N5O5. The SMILES string of the molecule is Nc1ccn([C@@H]2O[C@H](CO)[C@@H](O)[C@H]2O)c(=O)n1.c1ccc2c(c1)[nH]c1ccccc12.c1ccncc1. The standard InChI is InChI=1S/C12H9N.C9H13N3O5.C5H5N/c1-3-7-11-9(5-1)10-6-2-4-8-12(10)13-11;10-5-1-2-12(9(16)11-5)8-7(15)6(14)4(3-13)17-8;1-2-4-6-5-3-1/h1-8,13H;1-2,4,6-8,13-15H,3H2,(H2,10,11,16);1-5H/t;4-,6-,7-,8-;/m.1./s1. The van der Waals surface area contributed by atoms with Crippen molar-refractivity contribution < 1.29 is 20.1 Å². The van der Waals surface area contributed by atoms with E-state index >= 15 is 0 Å². The van der Waals surface area contributed by atoms with Crippen LogP contribution in [0.3, 0.4) is 0 Å². The summed E-state index contributed by atoms with van der Waals surface area (Å²) in [6.07, 6.45) is 0.234. The van der Waals surface area contributed by atoms with E-state index in [1.54, 1.807) is 12.4 Å². The third kappa shape index (κ3) is 5.58. The van der Waals surface area contributed by atoms with E-state index in [9.17, 15) is 15.0 Å². The van der Waals surface area contributed by atoms with Gasteiger partial charge in [-0.2, -0.15) is 4.98 Å². The van der Waals surface area contributed by atoms with Gasteiger partial charge in [0, 0.05) is 40.4 Å². The molecule has 0 unspecified atom stereocenters. The number of anilines is 1. The highest BCUT2D eigenvalue weighted by atomic mass is 16.6. The van der Waals surface area contributed by atoms with Crippen molar-refractivity contribution >= 4 is 27.6 Å². The lowest BCUT2D eigenvalue weighted by Crippen LogP contribution is -2.36. The molecule has 1 fully saturated rings. The van der Waals surface area contributed by atoms with Crippen molar-refractivity contribution in [3.63, 3.8) is 0 Å². The van der Waals surface area contributed by atoms with E-state index in [0.717, 1.165) is 4.57 Å². The van der Waals surface area contributed by atoms with Gasteiger partial charge in [0.15, 0.2) is 6.23 Å². The fourth-order valence-electron chi connectivity index (χ4n) is 3.84. The second kappa shape index (κ2) is 11.6. The Morgan fingerprint density at radius 2 is 1.50 bits per heavy atom. The number of ether oxygens (including phenoxy) is 1. The van der Waals surface area contributed by atoms with Crippen molar-refractivity contribution in [2.24, 2.45) is 0 Å². The van der Waals surface area contributed by atoms with Crippen LogP contribution >= 0.6 is 0 Å². The Bertz CT molecular complexity index is 1380. The number of fused-ring (bicyclic) bond motifs is 3. The summed E-state index contributed by atoms with van der Waals surface area (Å²) < 4.78 is 6.19. The maximum absolute atomic E-state index is 11.5. The normalized spacial score (nSPS) is 20.9. The lowest BCUT2D eigenvalue weighted by molar-refractivity contribution is -0.0549. The van der Waals surface area contributed by atoms with Gasteiger partial charge in [0.1, 0.15) is 24.1 Å². The van der Waals surface area contributed by atoms with Crippen LogP contribution in [-0.2, 0) is 4.74 Å². The number of pyridine rings is 1. The van der Waals surface area contributed by atoms with E-state index in [4.69, 9.17) is 15.6 Å². The minimum atomic E-state index is -1.31. The molecule has 10 heteroatoms. The Balaban J connectivity index is 0.000000140. The summed E-state index contributed by atoms with van der Waals surface area (Å²) in [7, 11) is 0. The van der Waals surface area contributed by atoms with Crippen molar-refractivity contribution in [2.75, 3.05) is 12.3 Å². The minimum Gasteiger partial charge on any atom is -0.394 e. The van der Waals surface area contributed by atoms with E-state index in [2.05, 4.69) is 63.5 Å². The number of rotatable bonds is 2. The molecule has 36 heavy (non-hydrogen) atoms. The minimum absolute atomic E-state index is 0.0537. The molecule has 0 saturated carbocycles. The van der Waals surface area contributed by atoms with Gasteiger partial charge < -0.3 is 30.8 Å². The van der Waals surface area contributed by atoms with Crippen LogP contribution in [0.2, 0.25) is 0 Å². The number of nitrogens with zero attached hydrogens (tertiary/aromatic N) is 3. The number of aromatic amines is 1. The monoisotopic (exact) mass is 489 g/mol. The zero-order valence-electron chi connectivity index (χ0n) is 19.3. The zero-order chi connectivity index (χ0) is 25.5. The van der Waals surface area contributed by atoms with Crippen molar-refractivity contribution in [3.05, 3.63) is 102 Å². The highest BCUT2D eigenvalue weighted by molar-refractivity contribution is 6.06. The summed E-state index contributed by atoms with van der Waals surface area (Å²) in [6.45, 7) is -0.453. The van der Waals surface area contributed by atoms with Gasteiger partial charge in [0.05, 0.1) is 6.61 Å². The van der Waals surface area contributed by atoms with Gasteiger partial charge in [-0.1, -0.05) is 42.5 Å². The van der Waals surface area contributed by atoms with Gasteiger partial charge in [0.25, 0.3) is 0 Å². The second-order valence-electron chi connectivity index (χ2n) is 8.01. The summed E-state index contributed by atoms with van der Waals surface area (Å²) in [5.41, 5.74) is 7.05. The number of hydrogen-bond acceptors (Lipinski definition) is 8. The molecule has 1 aliphatic rings. The fraction of sp³-hybridized carbons (Fsp3) is 0.192. The molecule has 4 heterocycles. The summed E-state index contributed by atoms with van der Waals surface area (Å²) in [4.78, 5) is 22.2. The van der Waals surface area contributed by atoms with Crippen LogP contribution in [-0.4, -0.2) is 59.8 Å². The topological polar surface area (TPSA) is 160 Å². The fourth-order valence-corrected chi connectivity index (χ4v) is 3.84. The number of nitrogens with one attached hydrogen (secondary N) is 1. The number of para-hydroxylation sites is 2. The van der Waals surface area contributed by atoms with Gasteiger partial charge in [-0.05, 0) is 30.3 Å². The first kappa shape index (κ1) is 25.0. The van der Waals surface area contributed by atoms with E-state index in [1.807, 2.05) is 18.2 Å². The Kier molecular flexibility index (Phi) is 8.03. The van der Waals surface area contributed by atoms with E-state index in [-0.39, 0.29) is 5.82 Å². The number of aliphatic hydroxyl groups excluding tert-OH is 3. The van der Waals surface area contributed by atoms with Gasteiger partial charge in [0.2, 0.25) is 0 Å². The van der Waals surface area contributed by atoms with Gasteiger partial charge in [-0.15, -0.1) is 0 Å². The second-order valence-corrected chi connectivity index (χ2v) is 8.01. The summed E-state index contributed by atoms with van der Waals surface area (Å²) in [5.74, 6) is 0.0537. The molecule has 3 aromatic heterocycles. The molecule has 10 nitrogen and oxygen atoms in total. The van der Waals surface area contributed by atoms with Crippen molar-refractivity contribution in [2.45, 2.75) is 24.5 Å². The first-order chi connectivity index (χ1) is 17.5. The van der Waals surface area contributed by atoms with Crippen LogP contribution in [0.4, 0.5) is 5.82 Å². The summed E-state index contributed by atoms with van der Waals surface area (Å²) >= 11 is 0. The molecule has 1 aliphatic heterocycles. The Labute approximate surface area is 206 Å². The molecule has 5 aromatic rings. The quantitative estimate of drug-likeness (QED) is 0.251. The average molecular weight is 490 g/mol. The van der Waals surface area contributed by atoms with Gasteiger partial charge >= 0.3 is 5.69 Å². The lowest BCUT2D eigenvalue weighted by atomic mass is 10.1. The van der Waals surface area contributed by atoms with Crippen molar-refractivity contribution in [1.82, 2.24) is 19.5 Å². The van der Waals surface area contributed by atoms with Crippen LogP contribution < -0.4 is 11.4 Å². The third-order valence-corrected chi connectivity index (χ3v) is 5.62. The van der Waals surface area contributed by atoms with Crippen LogP contribution in [0.1, 0.15) is 6.23 Å². The summed E-state index contributed by atoms with van der Waals surface area (Å²) in [5, 5.41) is 30.8.